The summed E-state index contributed by atoms with van der Waals surface area (Å²) in [6.07, 6.45) is 0. The standard InChI is InChI=1S/C20H13ClN4O3S/c21-15-7-9-16(10-8-15)25-20(22-23-24-25)29-12-4-3-11-27-19(26)18-13-14-5-1-2-6-17(14)28-18/h1-2,5-10,13H,11-12H2. The van der Waals surface area contributed by atoms with Crippen molar-refractivity contribution in [1.82, 2.24) is 20.2 Å². The van der Waals surface area contributed by atoms with Crippen LogP contribution >= 0.6 is 23.4 Å². The predicted octanol–water partition coefficient (Wildman–Crippen LogP) is 4.01. The average Bonchev–Trinajstić information content (AvgIpc) is 3.38. The normalized spacial score (nSPS) is 10.5. The highest BCUT2D eigenvalue weighted by atomic mass is 35.5. The molecule has 0 saturated carbocycles. The van der Waals surface area contributed by atoms with Crippen LogP contribution in [0.25, 0.3) is 16.7 Å². The molecular formula is C20H13ClN4O3S. The number of esters is 1. The van der Waals surface area contributed by atoms with E-state index in [4.69, 9.17) is 20.8 Å². The van der Waals surface area contributed by atoms with E-state index in [-0.39, 0.29) is 12.4 Å². The summed E-state index contributed by atoms with van der Waals surface area (Å²) < 4.78 is 12.2. The van der Waals surface area contributed by atoms with Crippen molar-refractivity contribution in [1.29, 1.82) is 0 Å². The maximum absolute atomic E-state index is 12.0. The summed E-state index contributed by atoms with van der Waals surface area (Å²) in [5.74, 6) is 5.77. The molecule has 0 bridgehead atoms. The van der Waals surface area contributed by atoms with Crippen LogP contribution in [0.15, 0.2) is 64.2 Å². The number of halogens is 1. The van der Waals surface area contributed by atoms with Crippen molar-refractivity contribution < 1.29 is 13.9 Å². The molecule has 0 atom stereocenters. The molecule has 2 aromatic carbocycles. The van der Waals surface area contributed by atoms with Crippen LogP contribution in [0.2, 0.25) is 5.02 Å². The van der Waals surface area contributed by atoms with Gasteiger partial charge < -0.3 is 9.15 Å². The third kappa shape index (κ3) is 4.59. The molecule has 0 spiro atoms. The van der Waals surface area contributed by atoms with Crippen LogP contribution in [0.5, 0.6) is 0 Å². The van der Waals surface area contributed by atoms with E-state index in [0.29, 0.717) is 21.5 Å². The van der Waals surface area contributed by atoms with Gasteiger partial charge >= 0.3 is 5.97 Å². The molecule has 0 aliphatic carbocycles. The van der Waals surface area contributed by atoms with Crippen LogP contribution in [0.4, 0.5) is 0 Å². The Kier molecular flexibility index (Phi) is 5.79. The number of ether oxygens (including phenoxy) is 1. The molecule has 144 valence electrons. The molecule has 0 N–H and O–H groups in total. The predicted molar refractivity (Wildman–Crippen MR) is 109 cm³/mol. The summed E-state index contributed by atoms with van der Waals surface area (Å²) in [6, 6.07) is 16.2. The fraction of sp³-hybridized carbons (Fsp3) is 0.100. The summed E-state index contributed by atoms with van der Waals surface area (Å²) in [6.45, 7) is -0.0292. The summed E-state index contributed by atoms with van der Waals surface area (Å²) in [5.41, 5.74) is 1.44. The third-order valence-corrected chi connectivity index (χ3v) is 4.87. The highest BCUT2D eigenvalue weighted by Gasteiger charge is 2.12. The zero-order chi connectivity index (χ0) is 20.1. The molecule has 7 nitrogen and oxygen atoms in total. The molecular weight excluding hydrogens is 412 g/mol. The van der Waals surface area contributed by atoms with Crippen LogP contribution in [-0.4, -0.2) is 38.5 Å². The van der Waals surface area contributed by atoms with Crippen LogP contribution in [-0.2, 0) is 4.74 Å². The zero-order valence-corrected chi connectivity index (χ0v) is 16.5. The van der Waals surface area contributed by atoms with Crippen molar-refractivity contribution >= 4 is 40.3 Å². The Morgan fingerprint density at radius 1 is 1.17 bits per heavy atom. The Bertz CT molecular complexity index is 1170. The molecule has 0 amide bonds. The number of nitrogens with zero attached hydrogens (tertiary/aromatic N) is 4. The average molecular weight is 425 g/mol. The lowest BCUT2D eigenvalue weighted by atomic mass is 10.2. The van der Waals surface area contributed by atoms with Gasteiger partial charge in [-0.25, -0.2) is 4.79 Å². The number of fused-ring (bicyclic) bond motifs is 1. The second kappa shape index (κ2) is 8.82. The number of para-hydroxylation sites is 1. The molecule has 2 heterocycles. The smallest absolute Gasteiger partial charge is 0.375 e. The minimum Gasteiger partial charge on any atom is -0.449 e. The van der Waals surface area contributed by atoms with E-state index in [0.717, 1.165) is 11.1 Å². The third-order valence-electron chi connectivity index (χ3n) is 3.81. The first-order valence-electron chi connectivity index (χ1n) is 8.49. The molecule has 9 heteroatoms. The highest BCUT2D eigenvalue weighted by molar-refractivity contribution is 7.99. The van der Waals surface area contributed by atoms with Gasteiger partial charge in [0, 0.05) is 10.4 Å². The van der Waals surface area contributed by atoms with Gasteiger partial charge in [-0.3, -0.25) is 0 Å². The lowest BCUT2D eigenvalue weighted by Gasteiger charge is -2.02. The minimum absolute atomic E-state index is 0.0292. The van der Waals surface area contributed by atoms with Crippen LogP contribution in [0, 0.1) is 11.8 Å². The number of aromatic nitrogens is 4. The van der Waals surface area contributed by atoms with Crippen molar-refractivity contribution in [2.24, 2.45) is 0 Å². The Morgan fingerprint density at radius 3 is 2.83 bits per heavy atom. The van der Waals surface area contributed by atoms with E-state index in [2.05, 4.69) is 27.4 Å². The molecule has 4 aromatic rings. The summed E-state index contributed by atoms with van der Waals surface area (Å²) in [4.78, 5) is 12.0. The number of hydrogen-bond acceptors (Lipinski definition) is 7. The number of thioether (sulfide) groups is 1. The zero-order valence-electron chi connectivity index (χ0n) is 14.9. The van der Waals surface area contributed by atoms with Gasteiger partial charge in [0.15, 0.2) is 6.61 Å². The van der Waals surface area contributed by atoms with Gasteiger partial charge in [-0.2, -0.15) is 4.68 Å². The lowest BCUT2D eigenvalue weighted by molar-refractivity contribution is 0.0523. The van der Waals surface area contributed by atoms with Crippen molar-refractivity contribution in [3.63, 3.8) is 0 Å². The van der Waals surface area contributed by atoms with Gasteiger partial charge in [-0.05, 0) is 46.8 Å². The van der Waals surface area contributed by atoms with E-state index in [1.54, 1.807) is 28.9 Å². The number of furan rings is 1. The number of hydrogen-bond donors (Lipinski definition) is 0. The van der Waals surface area contributed by atoms with Crippen LogP contribution < -0.4 is 0 Å². The number of carbonyl (C=O) groups excluding carboxylic acids is 1. The van der Waals surface area contributed by atoms with Gasteiger partial charge in [-0.1, -0.05) is 53.4 Å². The van der Waals surface area contributed by atoms with Gasteiger partial charge in [0.2, 0.25) is 10.9 Å². The largest absolute Gasteiger partial charge is 0.449 e. The maximum Gasteiger partial charge on any atom is 0.375 e. The number of benzene rings is 2. The second-order valence-electron chi connectivity index (χ2n) is 5.72. The molecule has 0 unspecified atom stereocenters. The van der Waals surface area contributed by atoms with E-state index < -0.39 is 5.97 Å². The lowest BCUT2D eigenvalue weighted by Crippen LogP contribution is -2.03. The van der Waals surface area contributed by atoms with Crippen LogP contribution in [0.1, 0.15) is 10.6 Å². The molecule has 0 aliphatic heterocycles. The van der Waals surface area contributed by atoms with Crippen molar-refractivity contribution in [2.45, 2.75) is 5.16 Å². The monoisotopic (exact) mass is 424 g/mol. The highest BCUT2D eigenvalue weighted by Crippen LogP contribution is 2.20. The topological polar surface area (TPSA) is 83.0 Å². The SMILES string of the molecule is O=C(OCC#CCSc1nnnn1-c1ccc(Cl)cc1)c1cc2ccccc2o1. The van der Waals surface area contributed by atoms with E-state index in [1.807, 2.05) is 30.3 Å². The van der Waals surface area contributed by atoms with Gasteiger partial charge in [0.25, 0.3) is 0 Å². The fourth-order valence-electron chi connectivity index (χ4n) is 2.47. The van der Waals surface area contributed by atoms with Gasteiger partial charge in [0.1, 0.15) is 5.58 Å². The molecule has 0 saturated heterocycles. The fourth-order valence-corrected chi connectivity index (χ4v) is 3.26. The quantitative estimate of drug-likeness (QED) is 0.272. The first kappa shape index (κ1) is 19.1. The molecule has 2 aromatic heterocycles. The van der Waals surface area contributed by atoms with Crippen molar-refractivity contribution in [3.8, 4) is 17.5 Å². The van der Waals surface area contributed by atoms with E-state index in [1.165, 1.54) is 11.8 Å². The minimum atomic E-state index is -0.546. The Hall–Kier alpha value is -3.28. The summed E-state index contributed by atoms with van der Waals surface area (Å²) >= 11 is 7.27. The Labute approximate surface area is 175 Å². The molecule has 0 radical (unpaired) electrons. The number of rotatable bonds is 5. The first-order valence-corrected chi connectivity index (χ1v) is 9.85. The molecule has 4 rings (SSSR count). The van der Waals surface area contributed by atoms with Crippen LogP contribution in [0.3, 0.4) is 0 Å². The Balaban J connectivity index is 1.29. The number of tetrazole rings is 1. The molecule has 0 fully saturated rings. The van der Waals surface area contributed by atoms with Crippen molar-refractivity contribution in [2.75, 3.05) is 12.4 Å². The maximum atomic E-state index is 12.0. The second-order valence-corrected chi connectivity index (χ2v) is 7.10. The van der Waals surface area contributed by atoms with Gasteiger partial charge in [0.05, 0.1) is 11.4 Å². The summed E-state index contributed by atoms with van der Waals surface area (Å²) in [7, 11) is 0. The first-order chi connectivity index (χ1) is 14.2. The van der Waals surface area contributed by atoms with E-state index in [9.17, 15) is 4.79 Å². The van der Waals surface area contributed by atoms with E-state index >= 15 is 0 Å². The van der Waals surface area contributed by atoms with Gasteiger partial charge in [-0.15, -0.1) is 5.10 Å². The molecule has 29 heavy (non-hydrogen) atoms. The Morgan fingerprint density at radius 2 is 2.00 bits per heavy atom. The summed E-state index contributed by atoms with van der Waals surface area (Å²) in [5, 5.41) is 13.7. The number of carbonyl (C=O) groups is 1. The van der Waals surface area contributed by atoms with Crippen molar-refractivity contribution in [3.05, 3.63) is 65.4 Å². The molecule has 0 aliphatic rings.